The number of hydrogen-bond acceptors (Lipinski definition) is 4. The zero-order valence-electron chi connectivity index (χ0n) is 7.68. The molecule has 0 amide bonds. The second kappa shape index (κ2) is 3.45. The second-order valence-electron chi connectivity index (χ2n) is 3.01. The number of carboxylic acids is 1. The summed E-state index contributed by atoms with van der Waals surface area (Å²) in [6.45, 7) is 0. The van der Waals surface area contributed by atoms with Gasteiger partial charge in [0.1, 0.15) is 0 Å². The number of aromatic carboxylic acids is 1. The number of hydrogen-bond donors (Lipinski definition) is 2. The van der Waals surface area contributed by atoms with Gasteiger partial charge in [-0.3, -0.25) is 0 Å². The number of anilines is 1. The lowest BCUT2D eigenvalue weighted by atomic mass is 10.1. The highest BCUT2D eigenvalue weighted by Gasteiger charge is 2.11. The second-order valence-corrected chi connectivity index (χ2v) is 3.01. The normalized spacial score (nSPS) is 10.1. The molecule has 0 spiro atoms. The van der Waals surface area contributed by atoms with Crippen molar-refractivity contribution in [2.24, 2.45) is 0 Å². The first-order valence-electron chi connectivity index (χ1n) is 4.23. The Balaban J connectivity index is 2.41. The minimum absolute atomic E-state index is 0.118. The van der Waals surface area contributed by atoms with Gasteiger partial charge in [-0.25, -0.2) is 4.79 Å². The Morgan fingerprint density at radius 3 is 2.80 bits per heavy atom. The van der Waals surface area contributed by atoms with Gasteiger partial charge in [0.15, 0.2) is 11.5 Å². The van der Waals surface area contributed by atoms with Crippen molar-refractivity contribution in [3.63, 3.8) is 0 Å². The van der Waals surface area contributed by atoms with Crippen LogP contribution in [0.5, 0.6) is 0 Å². The lowest BCUT2D eigenvalue weighted by molar-refractivity contribution is 0.0686. The van der Waals surface area contributed by atoms with Crippen molar-refractivity contribution in [3.05, 3.63) is 36.0 Å². The van der Waals surface area contributed by atoms with Crippen molar-refractivity contribution in [3.8, 4) is 11.3 Å². The van der Waals surface area contributed by atoms with Gasteiger partial charge in [0, 0.05) is 17.3 Å². The van der Waals surface area contributed by atoms with Gasteiger partial charge in [-0.15, -0.1) is 0 Å². The summed E-state index contributed by atoms with van der Waals surface area (Å²) < 4.78 is 4.88. The van der Waals surface area contributed by atoms with Crippen LogP contribution in [-0.2, 0) is 0 Å². The maximum atomic E-state index is 10.6. The van der Waals surface area contributed by atoms with Crippen molar-refractivity contribution in [1.82, 2.24) is 5.16 Å². The summed E-state index contributed by atoms with van der Waals surface area (Å²) in [6, 6.07) is 8.30. The molecular weight excluding hydrogens is 196 g/mol. The summed E-state index contributed by atoms with van der Waals surface area (Å²) in [6.07, 6.45) is 0. The largest absolute Gasteiger partial charge is 0.476 e. The molecule has 0 aliphatic carbocycles. The number of nitrogens with two attached hydrogens (primary N) is 1. The van der Waals surface area contributed by atoms with E-state index in [0.29, 0.717) is 17.0 Å². The highest BCUT2D eigenvalue weighted by molar-refractivity contribution is 5.86. The van der Waals surface area contributed by atoms with Crippen molar-refractivity contribution < 1.29 is 14.4 Å². The van der Waals surface area contributed by atoms with Crippen molar-refractivity contribution in [1.29, 1.82) is 0 Å². The third-order valence-corrected chi connectivity index (χ3v) is 1.90. The minimum atomic E-state index is -1.12. The summed E-state index contributed by atoms with van der Waals surface area (Å²) in [7, 11) is 0. The number of benzene rings is 1. The third kappa shape index (κ3) is 1.80. The lowest BCUT2D eigenvalue weighted by Crippen LogP contribution is -1.94. The number of nitrogens with zero attached hydrogens (tertiary/aromatic N) is 1. The predicted octanol–water partition coefficient (Wildman–Crippen LogP) is 1.62. The third-order valence-electron chi connectivity index (χ3n) is 1.90. The van der Waals surface area contributed by atoms with E-state index in [1.54, 1.807) is 24.3 Å². The van der Waals surface area contributed by atoms with Gasteiger partial charge in [-0.2, -0.15) is 0 Å². The molecule has 2 aromatic rings. The molecule has 0 aliphatic heterocycles. The van der Waals surface area contributed by atoms with Gasteiger partial charge in [0.2, 0.25) is 0 Å². The predicted molar refractivity (Wildman–Crippen MR) is 53.3 cm³/mol. The molecule has 0 saturated carbocycles. The molecule has 15 heavy (non-hydrogen) atoms. The fourth-order valence-corrected chi connectivity index (χ4v) is 1.20. The van der Waals surface area contributed by atoms with Crippen LogP contribution in [-0.4, -0.2) is 16.2 Å². The minimum Gasteiger partial charge on any atom is -0.476 e. The molecule has 5 nitrogen and oxygen atoms in total. The van der Waals surface area contributed by atoms with Gasteiger partial charge in [0.05, 0.1) is 0 Å². The van der Waals surface area contributed by atoms with Crippen LogP contribution in [0.2, 0.25) is 0 Å². The molecule has 5 heteroatoms. The van der Waals surface area contributed by atoms with Crippen LogP contribution in [0, 0.1) is 0 Å². The summed E-state index contributed by atoms with van der Waals surface area (Å²) in [4.78, 5) is 10.6. The highest BCUT2D eigenvalue weighted by Crippen LogP contribution is 2.22. The molecule has 2 rings (SSSR count). The molecule has 0 atom stereocenters. The van der Waals surface area contributed by atoms with E-state index in [4.69, 9.17) is 15.4 Å². The number of nitrogen functional groups attached to an aromatic ring is 1. The number of carbonyl (C=O) groups is 1. The Kier molecular flexibility index (Phi) is 2.13. The van der Waals surface area contributed by atoms with E-state index < -0.39 is 5.97 Å². The van der Waals surface area contributed by atoms with Crippen molar-refractivity contribution >= 4 is 11.7 Å². The molecule has 0 bridgehead atoms. The van der Waals surface area contributed by atoms with E-state index in [2.05, 4.69) is 5.16 Å². The van der Waals surface area contributed by atoms with E-state index in [1.165, 1.54) is 6.07 Å². The van der Waals surface area contributed by atoms with Crippen LogP contribution >= 0.6 is 0 Å². The average Bonchev–Trinajstić information content (AvgIpc) is 2.66. The molecule has 0 unspecified atom stereocenters. The molecule has 0 fully saturated rings. The van der Waals surface area contributed by atoms with E-state index in [-0.39, 0.29) is 5.69 Å². The average molecular weight is 204 g/mol. The first-order chi connectivity index (χ1) is 7.16. The monoisotopic (exact) mass is 204 g/mol. The van der Waals surface area contributed by atoms with Gasteiger partial charge in [-0.05, 0) is 12.1 Å². The van der Waals surface area contributed by atoms with E-state index >= 15 is 0 Å². The summed E-state index contributed by atoms with van der Waals surface area (Å²) in [5.41, 5.74) is 6.75. The number of rotatable bonds is 2. The van der Waals surface area contributed by atoms with E-state index in [1.807, 2.05) is 0 Å². The highest BCUT2D eigenvalue weighted by atomic mass is 16.5. The van der Waals surface area contributed by atoms with Crippen LogP contribution < -0.4 is 5.73 Å². The van der Waals surface area contributed by atoms with Gasteiger partial charge >= 0.3 is 5.97 Å². The van der Waals surface area contributed by atoms with Gasteiger partial charge in [0.25, 0.3) is 0 Å². The molecule has 1 heterocycles. The summed E-state index contributed by atoms with van der Waals surface area (Å²) in [5.74, 6) is -0.728. The Labute approximate surface area is 85.1 Å². The van der Waals surface area contributed by atoms with Crippen LogP contribution in [0.1, 0.15) is 10.5 Å². The smallest absolute Gasteiger partial charge is 0.358 e. The summed E-state index contributed by atoms with van der Waals surface area (Å²) in [5, 5.41) is 12.1. The maximum Gasteiger partial charge on any atom is 0.358 e. The fourth-order valence-electron chi connectivity index (χ4n) is 1.20. The lowest BCUT2D eigenvalue weighted by Gasteiger charge is -1.95. The maximum absolute atomic E-state index is 10.6. The quantitative estimate of drug-likeness (QED) is 0.725. The van der Waals surface area contributed by atoms with Crippen molar-refractivity contribution in [2.45, 2.75) is 0 Å². The Morgan fingerprint density at radius 1 is 1.40 bits per heavy atom. The molecule has 0 aliphatic rings. The van der Waals surface area contributed by atoms with Crippen LogP contribution in [0.15, 0.2) is 34.9 Å². The van der Waals surface area contributed by atoms with Crippen LogP contribution in [0.3, 0.4) is 0 Å². The molecule has 3 N–H and O–H groups in total. The van der Waals surface area contributed by atoms with Gasteiger partial charge in [-0.1, -0.05) is 17.3 Å². The standard InChI is InChI=1S/C10H8N2O3/c11-7-3-1-2-6(4-7)9-5-8(10(13)14)12-15-9/h1-5H,11H2,(H,13,14). The Hall–Kier alpha value is -2.30. The van der Waals surface area contributed by atoms with Crippen molar-refractivity contribution in [2.75, 3.05) is 5.73 Å². The zero-order valence-corrected chi connectivity index (χ0v) is 7.68. The molecule has 1 aromatic carbocycles. The molecule has 1 aromatic heterocycles. The molecule has 0 saturated heterocycles. The first kappa shape index (κ1) is 9.26. The van der Waals surface area contributed by atoms with E-state index in [9.17, 15) is 4.79 Å². The number of carboxylic acid groups (broad SMARTS) is 1. The fraction of sp³-hybridized carbons (Fsp3) is 0. The Morgan fingerprint density at radius 2 is 2.20 bits per heavy atom. The Bertz CT molecular complexity index is 505. The SMILES string of the molecule is Nc1cccc(-c2cc(C(=O)O)no2)c1. The first-order valence-corrected chi connectivity index (χ1v) is 4.23. The zero-order chi connectivity index (χ0) is 10.8. The van der Waals surface area contributed by atoms with Gasteiger partial charge < -0.3 is 15.4 Å². The summed E-state index contributed by atoms with van der Waals surface area (Å²) >= 11 is 0. The topological polar surface area (TPSA) is 89.4 Å². The molecule has 76 valence electrons. The van der Waals surface area contributed by atoms with E-state index in [0.717, 1.165) is 0 Å². The van der Waals surface area contributed by atoms with Crippen LogP contribution in [0.4, 0.5) is 5.69 Å². The molecular formula is C10H8N2O3. The number of aromatic nitrogens is 1. The van der Waals surface area contributed by atoms with Crippen LogP contribution in [0.25, 0.3) is 11.3 Å². The molecule has 0 radical (unpaired) electrons.